The number of aromatic nitrogens is 2. The highest BCUT2D eigenvalue weighted by Crippen LogP contribution is 2.29. The quantitative estimate of drug-likeness (QED) is 0.504. The van der Waals surface area contributed by atoms with Gasteiger partial charge in [-0.15, -0.1) is 11.3 Å². The number of benzene rings is 1. The van der Waals surface area contributed by atoms with Crippen LogP contribution in [0.4, 0.5) is 5.13 Å². The van der Waals surface area contributed by atoms with Crippen LogP contribution in [-0.4, -0.2) is 34.2 Å². The molecule has 0 aliphatic heterocycles. The van der Waals surface area contributed by atoms with Crippen molar-refractivity contribution >= 4 is 61.7 Å². The van der Waals surface area contributed by atoms with E-state index in [4.69, 9.17) is 4.74 Å². The fourth-order valence-corrected chi connectivity index (χ4v) is 4.78. The van der Waals surface area contributed by atoms with Crippen LogP contribution in [0.2, 0.25) is 0 Å². The topological polar surface area (TPSA) is 81.2 Å². The zero-order valence-corrected chi connectivity index (χ0v) is 16.0. The molecule has 130 valence electrons. The predicted molar refractivity (Wildman–Crippen MR) is 102 cm³/mol. The van der Waals surface area contributed by atoms with Gasteiger partial charge in [-0.2, -0.15) is 0 Å². The van der Waals surface area contributed by atoms with Gasteiger partial charge in [0.25, 0.3) is 0 Å². The molecular formula is C16H15N3O3S3. The predicted octanol–water partition coefficient (Wildman–Crippen LogP) is 3.97. The minimum atomic E-state index is -0.415. The molecule has 1 aromatic carbocycles. The van der Waals surface area contributed by atoms with Gasteiger partial charge in [-0.1, -0.05) is 35.2 Å². The maximum Gasteiger partial charge on any atom is 0.350 e. The van der Waals surface area contributed by atoms with E-state index >= 15 is 0 Å². The number of hydrogen-bond acceptors (Lipinski definition) is 8. The number of amides is 1. The molecule has 0 unspecified atom stereocenters. The minimum absolute atomic E-state index is 0.187. The first kappa shape index (κ1) is 17.8. The van der Waals surface area contributed by atoms with Gasteiger partial charge in [-0.05, 0) is 26.0 Å². The van der Waals surface area contributed by atoms with Crippen molar-refractivity contribution in [3.63, 3.8) is 0 Å². The molecule has 0 fully saturated rings. The van der Waals surface area contributed by atoms with Crippen LogP contribution in [0.15, 0.2) is 28.6 Å². The van der Waals surface area contributed by atoms with Crippen molar-refractivity contribution in [2.24, 2.45) is 0 Å². The van der Waals surface area contributed by atoms with Gasteiger partial charge in [0.15, 0.2) is 9.47 Å². The number of esters is 1. The first-order valence-electron chi connectivity index (χ1n) is 7.49. The lowest BCUT2D eigenvalue weighted by molar-refractivity contribution is -0.113. The summed E-state index contributed by atoms with van der Waals surface area (Å²) < 4.78 is 6.91. The monoisotopic (exact) mass is 393 g/mol. The third-order valence-electron chi connectivity index (χ3n) is 3.10. The second-order valence-corrected chi connectivity index (χ2v) is 8.19. The fraction of sp³-hybridized carbons (Fsp3) is 0.250. The molecule has 0 atom stereocenters. The van der Waals surface area contributed by atoms with E-state index in [2.05, 4.69) is 15.3 Å². The Hall–Kier alpha value is -1.97. The number of carbonyl (C=O) groups is 2. The molecule has 0 radical (unpaired) electrons. The Morgan fingerprint density at radius 1 is 1.24 bits per heavy atom. The highest BCUT2D eigenvalue weighted by Gasteiger charge is 2.17. The van der Waals surface area contributed by atoms with Crippen LogP contribution < -0.4 is 5.32 Å². The van der Waals surface area contributed by atoms with Gasteiger partial charge in [0.05, 0.1) is 28.3 Å². The molecule has 0 saturated heterocycles. The molecule has 1 N–H and O–H groups in total. The summed E-state index contributed by atoms with van der Waals surface area (Å²) in [5, 5.41) is 3.12. The first-order valence-corrected chi connectivity index (χ1v) is 10.1. The number of anilines is 1. The molecular weight excluding hydrogens is 378 g/mol. The van der Waals surface area contributed by atoms with Crippen LogP contribution in [0.1, 0.15) is 22.3 Å². The van der Waals surface area contributed by atoms with E-state index in [-0.39, 0.29) is 11.7 Å². The number of thioether (sulfide) groups is 1. The van der Waals surface area contributed by atoms with Crippen molar-refractivity contribution in [3.8, 4) is 0 Å². The number of fused-ring (bicyclic) bond motifs is 1. The Kier molecular flexibility index (Phi) is 5.67. The molecule has 0 saturated carbocycles. The van der Waals surface area contributed by atoms with E-state index in [9.17, 15) is 9.59 Å². The van der Waals surface area contributed by atoms with E-state index < -0.39 is 5.97 Å². The number of para-hydroxylation sites is 1. The minimum Gasteiger partial charge on any atom is -0.462 e. The van der Waals surface area contributed by atoms with Gasteiger partial charge in [-0.25, -0.2) is 14.8 Å². The molecule has 2 heterocycles. The summed E-state index contributed by atoms with van der Waals surface area (Å²) >= 11 is 4.06. The number of aryl methyl sites for hydroxylation is 1. The Balaban J connectivity index is 1.59. The third kappa shape index (κ3) is 4.36. The normalized spacial score (nSPS) is 10.8. The molecule has 0 bridgehead atoms. The van der Waals surface area contributed by atoms with Crippen LogP contribution in [0.5, 0.6) is 0 Å². The van der Waals surface area contributed by atoms with E-state index in [0.717, 1.165) is 25.9 Å². The van der Waals surface area contributed by atoms with E-state index in [0.29, 0.717) is 22.3 Å². The van der Waals surface area contributed by atoms with Gasteiger partial charge in [0, 0.05) is 0 Å². The van der Waals surface area contributed by atoms with E-state index in [1.807, 2.05) is 24.3 Å². The first-order chi connectivity index (χ1) is 12.1. The average Bonchev–Trinajstić information content (AvgIpc) is 3.16. The summed E-state index contributed by atoms with van der Waals surface area (Å²) in [6.07, 6.45) is 0. The number of nitrogens with one attached hydrogen (secondary N) is 1. The van der Waals surface area contributed by atoms with Crippen LogP contribution in [0, 0.1) is 6.92 Å². The lowest BCUT2D eigenvalue weighted by atomic mass is 10.3. The number of carbonyl (C=O) groups excluding carboxylic acids is 2. The molecule has 3 aromatic rings. The second kappa shape index (κ2) is 7.94. The fourth-order valence-electron chi connectivity index (χ4n) is 2.03. The zero-order valence-electron chi connectivity index (χ0n) is 13.6. The molecule has 25 heavy (non-hydrogen) atoms. The van der Waals surface area contributed by atoms with Crippen LogP contribution in [0.25, 0.3) is 10.2 Å². The van der Waals surface area contributed by atoms with Crippen LogP contribution in [0.3, 0.4) is 0 Å². The summed E-state index contributed by atoms with van der Waals surface area (Å²) in [5.74, 6) is -0.372. The van der Waals surface area contributed by atoms with Crippen molar-refractivity contribution < 1.29 is 14.3 Å². The summed E-state index contributed by atoms with van der Waals surface area (Å²) in [6, 6.07) is 7.86. The maximum absolute atomic E-state index is 12.1. The van der Waals surface area contributed by atoms with E-state index in [1.165, 1.54) is 11.8 Å². The molecule has 2 aromatic heterocycles. The average molecular weight is 394 g/mol. The van der Waals surface area contributed by atoms with Crippen LogP contribution >= 0.6 is 34.4 Å². The molecule has 0 spiro atoms. The molecule has 0 aliphatic rings. The Bertz CT molecular complexity index is 887. The Morgan fingerprint density at radius 2 is 2.04 bits per heavy atom. The van der Waals surface area contributed by atoms with Gasteiger partial charge in [0.2, 0.25) is 5.91 Å². The van der Waals surface area contributed by atoms with Gasteiger partial charge < -0.3 is 10.1 Å². The summed E-state index contributed by atoms with van der Waals surface area (Å²) in [7, 11) is 0. The highest BCUT2D eigenvalue weighted by atomic mass is 32.2. The maximum atomic E-state index is 12.1. The standard InChI is InChI=1S/C16H15N3O3S3/c1-3-22-14(21)13-9(2)17-15(25-13)19-12(20)8-23-16-18-10-6-4-5-7-11(10)24-16/h4-7H,3,8H2,1-2H3,(H,17,19,20). The number of thiazole rings is 2. The highest BCUT2D eigenvalue weighted by molar-refractivity contribution is 8.01. The molecule has 1 amide bonds. The van der Waals surface area contributed by atoms with Crippen LogP contribution in [-0.2, 0) is 9.53 Å². The molecule has 3 rings (SSSR count). The number of rotatable bonds is 6. The number of nitrogens with zero attached hydrogens (tertiary/aromatic N) is 2. The van der Waals surface area contributed by atoms with Crippen molar-refractivity contribution in [1.29, 1.82) is 0 Å². The Labute approximate surface area is 156 Å². The van der Waals surface area contributed by atoms with Crippen molar-refractivity contribution in [2.75, 3.05) is 17.7 Å². The van der Waals surface area contributed by atoms with Crippen molar-refractivity contribution in [2.45, 2.75) is 18.2 Å². The number of ether oxygens (including phenoxy) is 1. The van der Waals surface area contributed by atoms with Gasteiger partial charge in [0.1, 0.15) is 4.88 Å². The zero-order chi connectivity index (χ0) is 17.8. The number of hydrogen-bond donors (Lipinski definition) is 1. The third-order valence-corrected chi connectivity index (χ3v) is 6.34. The second-order valence-electron chi connectivity index (χ2n) is 4.94. The molecule has 9 heteroatoms. The Morgan fingerprint density at radius 3 is 2.80 bits per heavy atom. The van der Waals surface area contributed by atoms with Gasteiger partial charge >= 0.3 is 5.97 Å². The van der Waals surface area contributed by atoms with Crippen molar-refractivity contribution in [1.82, 2.24) is 9.97 Å². The smallest absolute Gasteiger partial charge is 0.350 e. The molecule has 6 nitrogen and oxygen atoms in total. The summed E-state index contributed by atoms with van der Waals surface area (Å²) in [6.45, 7) is 3.77. The lowest BCUT2D eigenvalue weighted by Crippen LogP contribution is -2.13. The largest absolute Gasteiger partial charge is 0.462 e. The van der Waals surface area contributed by atoms with E-state index in [1.54, 1.807) is 25.2 Å². The lowest BCUT2D eigenvalue weighted by Gasteiger charge is -1.99. The SMILES string of the molecule is CCOC(=O)c1sc(NC(=O)CSc2nc3ccccc3s2)nc1C. The molecule has 0 aliphatic carbocycles. The van der Waals surface area contributed by atoms with Gasteiger partial charge in [-0.3, -0.25) is 4.79 Å². The van der Waals surface area contributed by atoms with Crippen molar-refractivity contribution in [3.05, 3.63) is 34.8 Å². The summed E-state index contributed by atoms with van der Waals surface area (Å²) in [5.41, 5.74) is 1.49. The summed E-state index contributed by atoms with van der Waals surface area (Å²) in [4.78, 5) is 33.0.